The van der Waals surface area contributed by atoms with Gasteiger partial charge in [0.15, 0.2) is 0 Å². The van der Waals surface area contributed by atoms with Gasteiger partial charge in [-0.05, 0) is 40.4 Å². The Bertz CT molecular complexity index is 459. The van der Waals surface area contributed by atoms with Crippen LogP contribution in [0.3, 0.4) is 0 Å². The SMILES string of the molecule is COC(=O)C1CCN(c2cc(CO)c(Br)cn2)CC1. The number of pyridine rings is 1. The molecule has 0 unspecified atom stereocenters. The number of hydrogen-bond acceptors (Lipinski definition) is 5. The molecule has 19 heavy (non-hydrogen) atoms. The molecule has 1 aromatic heterocycles. The van der Waals surface area contributed by atoms with Crippen molar-refractivity contribution in [3.8, 4) is 0 Å². The first kappa shape index (κ1) is 14.3. The van der Waals surface area contributed by atoms with Gasteiger partial charge in [0.2, 0.25) is 0 Å². The van der Waals surface area contributed by atoms with Crippen molar-refractivity contribution in [2.75, 3.05) is 25.1 Å². The molecule has 1 aromatic rings. The van der Waals surface area contributed by atoms with Gasteiger partial charge in [0, 0.05) is 23.8 Å². The molecule has 0 amide bonds. The molecule has 104 valence electrons. The fourth-order valence-electron chi connectivity index (χ4n) is 2.27. The van der Waals surface area contributed by atoms with Crippen molar-refractivity contribution >= 4 is 27.7 Å². The summed E-state index contributed by atoms with van der Waals surface area (Å²) in [5, 5.41) is 9.25. The predicted molar refractivity (Wildman–Crippen MR) is 74.8 cm³/mol. The van der Waals surface area contributed by atoms with Crippen LogP contribution in [0, 0.1) is 5.92 Å². The number of carbonyl (C=O) groups excluding carboxylic acids is 1. The topological polar surface area (TPSA) is 62.7 Å². The van der Waals surface area contributed by atoms with Crippen molar-refractivity contribution in [2.24, 2.45) is 5.92 Å². The zero-order valence-corrected chi connectivity index (χ0v) is 12.4. The lowest BCUT2D eigenvalue weighted by molar-refractivity contribution is -0.146. The lowest BCUT2D eigenvalue weighted by Crippen LogP contribution is -2.37. The van der Waals surface area contributed by atoms with Gasteiger partial charge in [-0.3, -0.25) is 4.79 Å². The van der Waals surface area contributed by atoms with Crippen LogP contribution >= 0.6 is 15.9 Å². The van der Waals surface area contributed by atoms with E-state index < -0.39 is 0 Å². The molecule has 0 radical (unpaired) electrons. The predicted octanol–water partition coefficient (Wildman–Crippen LogP) is 1.73. The van der Waals surface area contributed by atoms with Crippen LogP contribution in [0.4, 0.5) is 5.82 Å². The van der Waals surface area contributed by atoms with E-state index >= 15 is 0 Å². The summed E-state index contributed by atoms with van der Waals surface area (Å²) < 4.78 is 5.58. The van der Waals surface area contributed by atoms with Gasteiger partial charge in [0.25, 0.3) is 0 Å². The fourth-order valence-corrected chi connectivity index (χ4v) is 2.62. The molecule has 1 saturated heterocycles. The summed E-state index contributed by atoms with van der Waals surface area (Å²) in [5.74, 6) is 0.712. The third-order valence-electron chi connectivity index (χ3n) is 3.44. The number of anilines is 1. The Hall–Kier alpha value is -1.14. The van der Waals surface area contributed by atoms with Gasteiger partial charge in [-0.15, -0.1) is 0 Å². The van der Waals surface area contributed by atoms with Crippen molar-refractivity contribution in [2.45, 2.75) is 19.4 Å². The van der Waals surface area contributed by atoms with E-state index in [9.17, 15) is 9.90 Å². The molecule has 1 aliphatic heterocycles. The van der Waals surface area contributed by atoms with Gasteiger partial charge in [-0.1, -0.05) is 0 Å². The Morgan fingerprint density at radius 2 is 2.26 bits per heavy atom. The van der Waals surface area contributed by atoms with Gasteiger partial charge >= 0.3 is 5.97 Å². The molecule has 6 heteroatoms. The monoisotopic (exact) mass is 328 g/mol. The Morgan fingerprint density at radius 1 is 1.58 bits per heavy atom. The number of esters is 1. The molecule has 0 aromatic carbocycles. The number of aliphatic hydroxyl groups excluding tert-OH is 1. The maximum atomic E-state index is 11.5. The molecule has 0 aliphatic carbocycles. The zero-order valence-electron chi connectivity index (χ0n) is 10.8. The number of halogens is 1. The highest BCUT2D eigenvalue weighted by Gasteiger charge is 2.26. The van der Waals surface area contributed by atoms with E-state index in [0.29, 0.717) is 0 Å². The second kappa shape index (κ2) is 6.34. The number of nitrogens with zero attached hydrogens (tertiary/aromatic N) is 2. The first-order valence-corrected chi connectivity index (χ1v) is 7.03. The first-order valence-electron chi connectivity index (χ1n) is 6.23. The van der Waals surface area contributed by atoms with Gasteiger partial charge < -0.3 is 14.7 Å². The summed E-state index contributed by atoms with van der Waals surface area (Å²) in [6, 6.07) is 1.88. The molecular weight excluding hydrogens is 312 g/mol. The average molecular weight is 329 g/mol. The molecule has 0 spiro atoms. The molecule has 1 N–H and O–H groups in total. The molecule has 0 atom stereocenters. The lowest BCUT2D eigenvalue weighted by Gasteiger charge is -2.31. The minimum absolute atomic E-state index is 0.00555. The van der Waals surface area contributed by atoms with E-state index in [1.165, 1.54) is 7.11 Å². The van der Waals surface area contributed by atoms with Gasteiger partial charge in [-0.25, -0.2) is 4.98 Å². The van der Waals surface area contributed by atoms with E-state index in [-0.39, 0.29) is 18.5 Å². The number of ether oxygens (including phenoxy) is 1. The van der Waals surface area contributed by atoms with E-state index in [0.717, 1.165) is 41.8 Å². The summed E-state index contributed by atoms with van der Waals surface area (Å²) in [5.41, 5.74) is 0.820. The first-order chi connectivity index (χ1) is 9.15. The van der Waals surface area contributed by atoms with Crippen molar-refractivity contribution in [1.29, 1.82) is 0 Å². The van der Waals surface area contributed by atoms with Crippen LogP contribution in [-0.4, -0.2) is 36.3 Å². The Morgan fingerprint density at radius 3 is 2.84 bits per heavy atom. The Labute approximate surface area is 120 Å². The fraction of sp³-hybridized carbons (Fsp3) is 0.538. The largest absolute Gasteiger partial charge is 0.469 e. The molecule has 2 rings (SSSR count). The van der Waals surface area contributed by atoms with E-state index in [4.69, 9.17) is 4.74 Å². The minimum Gasteiger partial charge on any atom is -0.469 e. The Kier molecular flexibility index (Phi) is 4.76. The van der Waals surface area contributed by atoms with E-state index in [1.54, 1.807) is 6.20 Å². The number of piperidine rings is 1. The highest BCUT2D eigenvalue weighted by atomic mass is 79.9. The van der Waals surface area contributed by atoms with Crippen LogP contribution in [0.5, 0.6) is 0 Å². The third-order valence-corrected chi connectivity index (χ3v) is 4.16. The molecule has 1 aliphatic rings. The van der Waals surface area contributed by atoms with Crippen LogP contribution in [-0.2, 0) is 16.1 Å². The van der Waals surface area contributed by atoms with E-state index in [1.807, 2.05) is 6.07 Å². The summed E-state index contributed by atoms with van der Waals surface area (Å²) in [7, 11) is 1.43. The zero-order chi connectivity index (χ0) is 13.8. The van der Waals surface area contributed by atoms with Gasteiger partial charge in [0.1, 0.15) is 5.82 Å². The van der Waals surface area contributed by atoms with Crippen LogP contribution in [0.15, 0.2) is 16.7 Å². The van der Waals surface area contributed by atoms with Crippen LogP contribution in [0.1, 0.15) is 18.4 Å². The second-order valence-corrected chi connectivity index (χ2v) is 5.43. The normalized spacial score (nSPS) is 16.5. The van der Waals surface area contributed by atoms with Crippen LogP contribution < -0.4 is 4.90 Å². The quantitative estimate of drug-likeness (QED) is 0.856. The average Bonchev–Trinajstić information content (AvgIpc) is 2.47. The molecule has 0 bridgehead atoms. The number of aromatic nitrogens is 1. The summed E-state index contributed by atoms with van der Waals surface area (Å²) in [6.45, 7) is 1.53. The highest BCUT2D eigenvalue weighted by molar-refractivity contribution is 9.10. The molecule has 5 nitrogen and oxygen atoms in total. The third kappa shape index (κ3) is 3.25. The maximum Gasteiger partial charge on any atom is 0.308 e. The number of hydrogen-bond donors (Lipinski definition) is 1. The lowest BCUT2D eigenvalue weighted by atomic mass is 9.97. The van der Waals surface area contributed by atoms with Gasteiger partial charge in [0.05, 0.1) is 19.6 Å². The number of aliphatic hydroxyl groups is 1. The smallest absolute Gasteiger partial charge is 0.308 e. The van der Waals surface area contributed by atoms with Crippen LogP contribution in [0.25, 0.3) is 0 Å². The summed E-state index contributed by atoms with van der Waals surface area (Å²) in [4.78, 5) is 17.9. The van der Waals surface area contributed by atoms with Crippen molar-refractivity contribution in [3.63, 3.8) is 0 Å². The Balaban J connectivity index is 2.03. The molecular formula is C13H17BrN2O3. The summed E-state index contributed by atoms with van der Waals surface area (Å²) in [6.07, 6.45) is 3.25. The second-order valence-electron chi connectivity index (χ2n) is 4.58. The van der Waals surface area contributed by atoms with E-state index in [2.05, 4.69) is 25.8 Å². The van der Waals surface area contributed by atoms with Gasteiger partial charge in [-0.2, -0.15) is 0 Å². The maximum absolute atomic E-state index is 11.5. The van der Waals surface area contributed by atoms with Crippen LogP contribution in [0.2, 0.25) is 0 Å². The standard InChI is InChI=1S/C13H17BrN2O3/c1-19-13(18)9-2-4-16(5-3-9)12-6-10(8-17)11(14)7-15-12/h6-7,9,17H,2-5,8H2,1H3. The number of methoxy groups -OCH3 is 1. The number of carbonyl (C=O) groups is 1. The molecule has 2 heterocycles. The van der Waals surface area contributed by atoms with Crippen molar-refractivity contribution < 1.29 is 14.6 Å². The summed E-state index contributed by atoms with van der Waals surface area (Å²) >= 11 is 3.35. The van der Waals surface area contributed by atoms with Crippen molar-refractivity contribution in [3.05, 3.63) is 22.3 Å². The molecule has 1 fully saturated rings. The minimum atomic E-state index is -0.125. The highest BCUT2D eigenvalue weighted by Crippen LogP contribution is 2.25. The number of rotatable bonds is 3. The molecule has 0 saturated carbocycles. The van der Waals surface area contributed by atoms with Crippen molar-refractivity contribution in [1.82, 2.24) is 4.98 Å².